The van der Waals surface area contributed by atoms with E-state index in [0.29, 0.717) is 32.1 Å². The maximum absolute atomic E-state index is 12.7. The minimum atomic E-state index is -3.62. The van der Waals surface area contributed by atoms with E-state index in [-0.39, 0.29) is 28.5 Å². The van der Waals surface area contributed by atoms with Crippen LogP contribution < -0.4 is 10.1 Å². The topological polar surface area (TPSA) is 84.9 Å². The number of morpholine rings is 1. The molecule has 0 radical (unpaired) electrons. The fourth-order valence-corrected chi connectivity index (χ4v) is 5.44. The van der Waals surface area contributed by atoms with E-state index in [1.807, 2.05) is 0 Å². The molecule has 3 rings (SSSR count). The van der Waals surface area contributed by atoms with Crippen LogP contribution in [0, 0.1) is 0 Å². The molecule has 1 N–H and O–H groups in total. The van der Waals surface area contributed by atoms with Crippen molar-refractivity contribution in [3.8, 4) is 5.75 Å². The van der Waals surface area contributed by atoms with Crippen LogP contribution >= 0.6 is 11.6 Å². The molecule has 162 valence electrons. The molecule has 1 aliphatic heterocycles. The number of hydrogen-bond acceptors (Lipinski definition) is 5. The van der Waals surface area contributed by atoms with Gasteiger partial charge in [0.05, 0.1) is 23.1 Å². The first-order valence-corrected chi connectivity index (χ1v) is 12.1. The maximum atomic E-state index is 12.7. The van der Waals surface area contributed by atoms with E-state index in [0.717, 1.165) is 25.7 Å². The van der Waals surface area contributed by atoms with Crippen LogP contribution in [0.1, 0.15) is 44.9 Å². The number of sulfonamides is 1. The predicted molar refractivity (Wildman–Crippen MR) is 111 cm³/mol. The predicted octanol–water partition coefficient (Wildman–Crippen LogP) is 2.97. The average molecular weight is 445 g/mol. The monoisotopic (exact) mass is 444 g/mol. The van der Waals surface area contributed by atoms with E-state index >= 15 is 0 Å². The first-order valence-electron chi connectivity index (χ1n) is 10.3. The van der Waals surface area contributed by atoms with Crippen LogP contribution in [0.2, 0.25) is 5.02 Å². The Kier molecular flexibility index (Phi) is 8.17. The quantitative estimate of drug-likeness (QED) is 0.729. The SMILES string of the molecule is O=C(COc1ccc(S(=O)(=O)N2CCOCC2)cc1Cl)NC1CCCCCCC1. The molecule has 2 fully saturated rings. The third kappa shape index (κ3) is 6.31. The second-order valence-electron chi connectivity index (χ2n) is 7.51. The van der Waals surface area contributed by atoms with Gasteiger partial charge in [-0.05, 0) is 31.0 Å². The second-order valence-corrected chi connectivity index (χ2v) is 9.85. The van der Waals surface area contributed by atoms with Crippen molar-refractivity contribution < 1.29 is 22.7 Å². The first-order chi connectivity index (χ1) is 14.0. The van der Waals surface area contributed by atoms with Crippen LogP contribution in [0.5, 0.6) is 5.75 Å². The lowest BCUT2D eigenvalue weighted by Gasteiger charge is -2.26. The van der Waals surface area contributed by atoms with Crippen molar-refractivity contribution in [1.82, 2.24) is 9.62 Å². The summed E-state index contributed by atoms with van der Waals surface area (Å²) in [7, 11) is -3.62. The number of benzene rings is 1. The Morgan fingerprint density at radius 2 is 1.79 bits per heavy atom. The Morgan fingerprint density at radius 1 is 1.14 bits per heavy atom. The van der Waals surface area contributed by atoms with Crippen molar-refractivity contribution in [2.75, 3.05) is 32.9 Å². The largest absolute Gasteiger partial charge is 0.482 e. The van der Waals surface area contributed by atoms with Crippen molar-refractivity contribution >= 4 is 27.5 Å². The van der Waals surface area contributed by atoms with Crippen molar-refractivity contribution in [3.63, 3.8) is 0 Å². The van der Waals surface area contributed by atoms with Gasteiger partial charge < -0.3 is 14.8 Å². The van der Waals surface area contributed by atoms with Crippen molar-refractivity contribution in [3.05, 3.63) is 23.2 Å². The van der Waals surface area contributed by atoms with Gasteiger partial charge in [0.15, 0.2) is 6.61 Å². The van der Waals surface area contributed by atoms with E-state index in [4.69, 9.17) is 21.1 Å². The van der Waals surface area contributed by atoms with Crippen LogP contribution in [0.25, 0.3) is 0 Å². The van der Waals surface area contributed by atoms with Crippen LogP contribution in [-0.4, -0.2) is 57.6 Å². The third-order valence-corrected chi connectivity index (χ3v) is 7.53. The zero-order valence-electron chi connectivity index (χ0n) is 16.6. The Bertz CT molecular complexity index is 788. The Hall–Kier alpha value is -1.35. The fraction of sp³-hybridized carbons (Fsp3) is 0.650. The molecule has 29 heavy (non-hydrogen) atoms. The highest BCUT2D eigenvalue weighted by atomic mass is 35.5. The summed E-state index contributed by atoms with van der Waals surface area (Å²) < 4.78 is 37.5. The molecule has 1 aromatic rings. The van der Waals surface area contributed by atoms with Gasteiger partial charge in [-0.25, -0.2) is 8.42 Å². The number of nitrogens with one attached hydrogen (secondary N) is 1. The molecular weight excluding hydrogens is 416 g/mol. The Labute approximate surface area is 177 Å². The number of amides is 1. The van der Waals surface area contributed by atoms with Gasteiger partial charge in [-0.15, -0.1) is 0 Å². The lowest BCUT2D eigenvalue weighted by molar-refractivity contribution is -0.123. The number of ether oxygens (including phenoxy) is 2. The van der Waals surface area contributed by atoms with Gasteiger partial charge in [-0.1, -0.05) is 43.7 Å². The molecule has 0 aromatic heterocycles. The molecular formula is C20H29ClN2O5S. The highest BCUT2D eigenvalue weighted by Gasteiger charge is 2.27. The smallest absolute Gasteiger partial charge is 0.258 e. The van der Waals surface area contributed by atoms with Gasteiger partial charge in [0.2, 0.25) is 10.0 Å². The summed E-state index contributed by atoms with van der Waals surface area (Å²) in [6.07, 6.45) is 7.99. The fourth-order valence-electron chi connectivity index (χ4n) is 3.71. The lowest BCUT2D eigenvalue weighted by atomic mass is 9.97. The van der Waals surface area contributed by atoms with Crippen molar-refractivity contribution in [2.24, 2.45) is 0 Å². The van der Waals surface area contributed by atoms with Crippen LogP contribution in [0.15, 0.2) is 23.1 Å². The standard InChI is InChI=1S/C20H29ClN2O5S/c21-18-14-17(29(25,26)23-10-12-27-13-11-23)8-9-19(18)28-15-20(24)22-16-6-4-2-1-3-5-7-16/h8-9,14,16H,1-7,10-13,15H2,(H,22,24). The molecule has 0 unspecified atom stereocenters. The summed E-state index contributed by atoms with van der Waals surface area (Å²) in [6, 6.07) is 4.52. The number of nitrogens with zero attached hydrogens (tertiary/aromatic N) is 1. The van der Waals surface area contributed by atoms with Gasteiger partial charge >= 0.3 is 0 Å². The molecule has 1 heterocycles. The molecule has 0 bridgehead atoms. The van der Waals surface area contributed by atoms with Gasteiger partial charge in [-0.3, -0.25) is 4.79 Å². The van der Waals surface area contributed by atoms with Crippen LogP contribution in [-0.2, 0) is 19.6 Å². The highest BCUT2D eigenvalue weighted by Crippen LogP contribution is 2.29. The molecule has 0 spiro atoms. The number of carbonyl (C=O) groups is 1. The maximum Gasteiger partial charge on any atom is 0.258 e. The second kappa shape index (κ2) is 10.6. The molecule has 0 atom stereocenters. The third-order valence-electron chi connectivity index (χ3n) is 5.34. The van der Waals surface area contributed by atoms with E-state index in [1.54, 1.807) is 0 Å². The zero-order valence-corrected chi connectivity index (χ0v) is 18.1. The van der Waals surface area contributed by atoms with E-state index < -0.39 is 10.0 Å². The summed E-state index contributed by atoms with van der Waals surface area (Å²) in [4.78, 5) is 12.3. The number of hydrogen-bond donors (Lipinski definition) is 1. The number of rotatable bonds is 6. The average Bonchev–Trinajstić information content (AvgIpc) is 2.69. The summed E-state index contributed by atoms with van der Waals surface area (Å²) >= 11 is 6.23. The minimum absolute atomic E-state index is 0.107. The molecule has 9 heteroatoms. The summed E-state index contributed by atoms with van der Waals surface area (Å²) in [5.74, 6) is 0.108. The minimum Gasteiger partial charge on any atom is -0.482 e. The number of carbonyl (C=O) groups excluding carboxylic acids is 1. The van der Waals surface area contributed by atoms with Crippen LogP contribution in [0.4, 0.5) is 0 Å². The molecule has 1 aliphatic carbocycles. The van der Waals surface area contributed by atoms with Crippen molar-refractivity contribution in [1.29, 1.82) is 0 Å². The summed E-state index contributed by atoms with van der Waals surface area (Å²) in [6.45, 7) is 1.25. The Balaban J connectivity index is 1.55. The lowest BCUT2D eigenvalue weighted by Crippen LogP contribution is -2.40. The van der Waals surface area contributed by atoms with Gasteiger partial charge in [-0.2, -0.15) is 4.31 Å². The molecule has 2 aliphatic rings. The van der Waals surface area contributed by atoms with Gasteiger partial charge in [0.25, 0.3) is 5.91 Å². The highest BCUT2D eigenvalue weighted by molar-refractivity contribution is 7.89. The van der Waals surface area contributed by atoms with E-state index in [2.05, 4.69) is 5.32 Å². The van der Waals surface area contributed by atoms with Gasteiger partial charge in [0, 0.05) is 19.1 Å². The van der Waals surface area contributed by atoms with E-state index in [9.17, 15) is 13.2 Å². The zero-order chi connectivity index (χ0) is 20.7. The molecule has 1 saturated carbocycles. The molecule has 1 amide bonds. The van der Waals surface area contributed by atoms with Gasteiger partial charge in [0.1, 0.15) is 5.75 Å². The number of halogens is 1. The molecule has 1 saturated heterocycles. The summed E-state index contributed by atoms with van der Waals surface area (Å²) in [5.41, 5.74) is 0. The summed E-state index contributed by atoms with van der Waals surface area (Å²) in [5, 5.41) is 3.20. The first kappa shape index (κ1) is 22.3. The van der Waals surface area contributed by atoms with Crippen LogP contribution in [0.3, 0.4) is 0 Å². The molecule has 7 nitrogen and oxygen atoms in total. The Morgan fingerprint density at radius 3 is 2.45 bits per heavy atom. The normalized spacial score (nSPS) is 19.9. The van der Waals surface area contributed by atoms with E-state index in [1.165, 1.54) is 41.8 Å². The van der Waals surface area contributed by atoms with Crippen molar-refractivity contribution in [2.45, 2.75) is 55.9 Å². The molecule has 1 aromatic carbocycles.